The van der Waals surface area contributed by atoms with Gasteiger partial charge in [0.05, 0.1) is 28.7 Å². The van der Waals surface area contributed by atoms with Crippen molar-refractivity contribution in [2.75, 3.05) is 5.75 Å². The molecular formula is C17H14FNO4S. The van der Waals surface area contributed by atoms with Gasteiger partial charge in [0, 0.05) is 0 Å². The van der Waals surface area contributed by atoms with Crippen LogP contribution in [0.4, 0.5) is 4.39 Å². The fraction of sp³-hybridized carbons (Fsp3) is 0.176. The molecule has 0 fully saturated rings. The van der Waals surface area contributed by atoms with Gasteiger partial charge in [-0.05, 0) is 42.0 Å². The van der Waals surface area contributed by atoms with Crippen LogP contribution in [0, 0.1) is 17.1 Å². The van der Waals surface area contributed by atoms with Gasteiger partial charge in [0.15, 0.2) is 9.84 Å². The molecule has 0 bridgehead atoms. The predicted octanol–water partition coefficient (Wildman–Crippen LogP) is 2.60. The third-order valence-electron chi connectivity index (χ3n) is 3.23. The SMILES string of the molecule is N#Cc1ccc(COC(=O)CCS(=O)(=O)c2ccc(F)cc2)cc1. The standard InChI is InChI=1S/C17H14FNO4S/c18-15-5-7-16(8-6-15)24(21,22)10-9-17(20)23-12-14-3-1-13(11-19)2-4-14/h1-8H,9-10,12H2. The molecule has 7 heteroatoms. The highest BCUT2D eigenvalue weighted by atomic mass is 32.2. The Labute approximate surface area is 139 Å². The van der Waals surface area contributed by atoms with Crippen molar-refractivity contribution in [3.8, 4) is 6.07 Å². The van der Waals surface area contributed by atoms with E-state index in [4.69, 9.17) is 10.00 Å². The van der Waals surface area contributed by atoms with E-state index in [-0.39, 0.29) is 17.9 Å². The monoisotopic (exact) mass is 347 g/mol. The van der Waals surface area contributed by atoms with E-state index >= 15 is 0 Å². The van der Waals surface area contributed by atoms with E-state index in [1.165, 1.54) is 0 Å². The first kappa shape index (κ1) is 17.6. The number of carbonyl (C=O) groups is 1. The summed E-state index contributed by atoms with van der Waals surface area (Å²) in [5.74, 6) is -1.59. The van der Waals surface area contributed by atoms with Crippen molar-refractivity contribution < 1.29 is 22.3 Å². The third-order valence-corrected chi connectivity index (χ3v) is 4.96. The van der Waals surface area contributed by atoms with E-state index in [0.717, 1.165) is 24.3 Å². The number of hydrogen-bond donors (Lipinski definition) is 0. The first-order valence-corrected chi connectivity index (χ1v) is 8.69. The molecule has 0 unspecified atom stereocenters. The largest absolute Gasteiger partial charge is 0.461 e. The summed E-state index contributed by atoms with van der Waals surface area (Å²) in [6, 6.07) is 12.9. The van der Waals surface area contributed by atoms with Crippen LogP contribution >= 0.6 is 0 Å². The van der Waals surface area contributed by atoms with Gasteiger partial charge in [0.25, 0.3) is 0 Å². The van der Waals surface area contributed by atoms with Gasteiger partial charge in [0.2, 0.25) is 0 Å². The van der Waals surface area contributed by atoms with Crippen molar-refractivity contribution in [1.82, 2.24) is 0 Å². The highest BCUT2D eigenvalue weighted by Crippen LogP contribution is 2.13. The lowest BCUT2D eigenvalue weighted by molar-refractivity contribution is -0.144. The van der Waals surface area contributed by atoms with E-state index in [2.05, 4.69) is 0 Å². The molecule has 0 spiro atoms. The number of halogens is 1. The van der Waals surface area contributed by atoms with Crippen LogP contribution in [-0.2, 0) is 26.0 Å². The van der Waals surface area contributed by atoms with E-state index in [0.29, 0.717) is 11.1 Å². The maximum Gasteiger partial charge on any atom is 0.307 e. The van der Waals surface area contributed by atoms with Crippen LogP contribution in [0.2, 0.25) is 0 Å². The molecular weight excluding hydrogens is 333 g/mol. The average Bonchev–Trinajstić information content (AvgIpc) is 2.59. The summed E-state index contributed by atoms with van der Waals surface area (Å²) in [7, 11) is -3.67. The van der Waals surface area contributed by atoms with E-state index in [1.807, 2.05) is 6.07 Å². The first-order valence-electron chi connectivity index (χ1n) is 7.04. The van der Waals surface area contributed by atoms with Crippen LogP contribution < -0.4 is 0 Å². The summed E-state index contributed by atoms with van der Waals surface area (Å²) in [6.45, 7) is 0.00113. The van der Waals surface area contributed by atoms with Gasteiger partial charge in [-0.25, -0.2) is 12.8 Å². The number of benzene rings is 2. The molecule has 5 nitrogen and oxygen atoms in total. The second kappa shape index (κ2) is 7.70. The van der Waals surface area contributed by atoms with Crippen LogP contribution in [0.1, 0.15) is 17.5 Å². The molecule has 0 aliphatic heterocycles. The molecule has 0 heterocycles. The molecule has 0 saturated carbocycles. The van der Waals surface area contributed by atoms with Crippen molar-refractivity contribution in [3.63, 3.8) is 0 Å². The van der Waals surface area contributed by atoms with E-state index in [1.54, 1.807) is 24.3 Å². The lowest BCUT2D eigenvalue weighted by Crippen LogP contribution is -2.13. The Bertz CT molecular complexity index is 853. The van der Waals surface area contributed by atoms with Crippen molar-refractivity contribution >= 4 is 15.8 Å². The summed E-state index contributed by atoms with van der Waals surface area (Å²) < 4.78 is 41.9. The highest BCUT2D eigenvalue weighted by molar-refractivity contribution is 7.91. The number of nitrogens with zero attached hydrogens (tertiary/aromatic N) is 1. The van der Waals surface area contributed by atoms with Crippen LogP contribution in [-0.4, -0.2) is 20.1 Å². The quantitative estimate of drug-likeness (QED) is 0.592. The molecule has 0 saturated heterocycles. The fourth-order valence-corrected chi connectivity index (χ4v) is 3.11. The van der Waals surface area contributed by atoms with E-state index < -0.39 is 27.4 Å². The number of nitriles is 1. The molecule has 0 aliphatic rings. The van der Waals surface area contributed by atoms with Crippen LogP contribution in [0.15, 0.2) is 53.4 Å². The molecule has 24 heavy (non-hydrogen) atoms. The number of ether oxygens (including phenoxy) is 1. The Balaban J connectivity index is 1.86. The number of carbonyl (C=O) groups excluding carboxylic acids is 1. The predicted molar refractivity (Wildman–Crippen MR) is 84.0 cm³/mol. The summed E-state index contributed by atoms with van der Waals surface area (Å²) in [6.07, 6.45) is -0.296. The van der Waals surface area contributed by atoms with Gasteiger partial charge in [-0.3, -0.25) is 4.79 Å². The number of rotatable bonds is 6. The summed E-state index contributed by atoms with van der Waals surface area (Å²) >= 11 is 0. The smallest absolute Gasteiger partial charge is 0.307 e. The minimum Gasteiger partial charge on any atom is -0.461 e. The number of hydrogen-bond acceptors (Lipinski definition) is 5. The molecule has 0 atom stereocenters. The van der Waals surface area contributed by atoms with Crippen molar-refractivity contribution in [2.45, 2.75) is 17.9 Å². The Hall–Kier alpha value is -2.72. The van der Waals surface area contributed by atoms with Crippen molar-refractivity contribution in [1.29, 1.82) is 5.26 Å². The minimum absolute atomic E-state index is 0.00113. The second-order valence-corrected chi connectivity index (χ2v) is 7.10. The van der Waals surface area contributed by atoms with Gasteiger partial charge in [-0.2, -0.15) is 5.26 Å². The zero-order valence-corrected chi connectivity index (χ0v) is 13.4. The summed E-state index contributed by atoms with van der Waals surface area (Å²) in [4.78, 5) is 11.6. The fourth-order valence-electron chi connectivity index (χ4n) is 1.89. The van der Waals surface area contributed by atoms with Gasteiger partial charge in [0.1, 0.15) is 12.4 Å². The van der Waals surface area contributed by atoms with Crippen LogP contribution in [0.25, 0.3) is 0 Å². The molecule has 0 aliphatic carbocycles. The van der Waals surface area contributed by atoms with Crippen molar-refractivity contribution in [3.05, 3.63) is 65.5 Å². The Morgan fingerprint density at radius 3 is 2.29 bits per heavy atom. The van der Waals surface area contributed by atoms with Gasteiger partial charge in [-0.1, -0.05) is 12.1 Å². The summed E-state index contributed by atoms with van der Waals surface area (Å²) in [5, 5.41) is 8.69. The van der Waals surface area contributed by atoms with Gasteiger partial charge < -0.3 is 4.74 Å². The molecule has 2 aromatic carbocycles. The molecule has 0 radical (unpaired) electrons. The highest BCUT2D eigenvalue weighted by Gasteiger charge is 2.17. The number of sulfone groups is 1. The molecule has 2 aromatic rings. The Kier molecular flexibility index (Phi) is 5.66. The first-order chi connectivity index (χ1) is 11.4. The minimum atomic E-state index is -3.67. The Morgan fingerprint density at radius 1 is 1.08 bits per heavy atom. The molecule has 124 valence electrons. The molecule has 0 N–H and O–H groups in total. The molecule has 0 amide bonds. The Morgan fingerprint density at radius 2 is 1.71 bits per heavy atom. The summed E-state index contributed by atoms with van der Waals surface area (Å²) in [5.41, 5.74) is 1.19. The van der Waals surface area contributed by atoms with E-state index in [9.17, 15) is 17.6 Å². The zero-order valence-electron chi connectivity index (χ0n) is 12.6. The van der Waals surface area contributed by atoms with Crippen LogP contribution in [0.3, 0.4) is 0 Å². The van der Waals surface area contributed by atoms with Crippen LogP contribution in [0.5, 0.6) is 0 Å². The lowest BCUT2D eigenvalue weighted by Gasteiger charge is -2.06. The molecule has 0 aromatic heterocycles. The molecule has 2 rings (SSSR count). The second-order valence-electron chi connectivity index (χ2n) is 4.99. The zero-order chi connectivity index (χ0) is 17.6. The van der Waals surface area contributed by atoms with Gasteiger partial charge in [-0.15, -0.1) is 0 Å². The maximum atomic E-state index is 12.8. The average molecular weight is 347 g/mol. The third kappa shape index (κ3) is 4.89. The normalized spacial score (nSPS) is 10.8. The topological polar surface area (TPSA) is 84.2 Å². The van der Waals surface area contributed by atoms with Gasteiger partial charge >= 0.3 is 5.97 Å². The maximum absolute atomic E-state index is 12.8. The van der Waals surface area contributed by atoms with Crippen molar-refractivity contribution in [2.24, 2.45) is 0 Å². The lowest BCUT2D eigenvalue weighted by atomic mass is 10.2. The number of esters is 1.